The van der Waals surface area contributed by atoms with E-state index < -0.39 is 0 Å². The van der Waals surface area contributed by atoms with Gasteiger partial charge in [0.25, 0.3) is 0 Å². The zero-order valence-corrected chi connectivity index (χ0v) is 12.6. The molecule has 18 heavy (non-hydrogen) atoms. The van der Waals surface area contributed by atoms with Crippen LogP contribution in [0.4, 0.5) is 0 Å². The van der Waals surface area contributed by atoms with E-state index in [0.29, 0.717) is 5.41 Å². The summed E-state index contributed by atoms with van der Waals surface area (Å²) in [6.07, 6.45) is 5.44. The first-order valence-electron chi connectivity index (χ1n) is 7.20. The summed E-state index contributed by atoms with van der Waals surface area (Å²) in [6.45, 7) is 10.2. The van der Waals surface area contributed by atoms with Crippen LogP contribution >= 0.6 is 0 Å². The summed E-state index contributed by atoms with van der Waals surface area (Å²) in [4.78, 5) is 0. The van der Waals surface area contributed by atoms with Gasteiger partial charge in [0, 0.05) is 6.54 Å². The van der Waals surface area contributed by atoms with Crippen molar-refractivity contribution in [2.45, 2.75) is 53.4 Å². The first kappa shape index (κ1) is 13.6. The van der Waals surface area contributed by atoms with Crippen LogP contribution in [0.25, 0.3) is 0 Å². The van der Waals surface area contributed by atoms with Gasteiger partial charge in [-0.1, -0.05) is 12.5 Å². The highest BCUT2D eigenvalue weighted by atomic mass is 14.8. The SMILES string of the molecule is CNCC1(Cc2c(C)c(C)cc(C)c2C)CCC1. The van der Waals surface area contributed by atoms with Crippen molar-refractivity contribution < 1.29 is 0 Å². The van der Waals surface area contributed by atoms with Crippen LogP contribution in [0.5, 0.6) is 0 Å². The van der Waals surface area contributed by atoms with Crippen molar-refractivity contribution in [2.24, 2.45) is 5.41 Å². The molecular formula is C17H27N. The van der Waals surface area contributed by atoms with Gasteiger partial charge in [0.1, 0.15) is 0 Å². The number of hydrogen-bond donors (Lipinski definition) is 1. The van der Waals surface area contributed by atoms with Crippen molar-refractivity contribution in [3.8, 4) is 0 Å². The highest BCUT2D eigenvalue weighted by Gasteiger charge is 2.37. The second-order valence-electron chi connectivity index (χ2n) is 6.30. The monoisotopic (exact) mass is 245 g/mol. The lowest BCUT2D eigenvalue weighted by molar-refractivity contribution is 0.133. The predicted octanol–water partition coefficient (Wildman–Crippen LogP) is 3.85. The molecule has 0 radical (unpaired) electrons. The lowest BCUT2D eigenvalue weighted by Crippen LogP contribution is -2.40. The van der Waals surface area contributed by atoms with E-state index in [0.717, 1.165) is 0 Å². The topological polar surface area (TPSA) is 12.0 Å². The minimum absolute atomic E-state index is 0.532. The zero-order valence-electron chi connectivity index (χ0n) is 12.6. The molecule has 0 aliphatic heterocycles. The third-order valence-electron chi connectivity index (χ3n) is 5.04. The molecule has 0 aromatic heterocycles. The highest BCUT2D eigenvalue weighted by Crippen LogP contribution is 2.44. The maximum Gasteiger partial charge on any atom is 0.000800 e. The molecule has 1 saturated carbocycles. The van der Waals surface area contributed by atoms with E-state index in [4.69, 9.17) is 0 Å². The minimum Gasteiger partial charge on any atom is -0.319 e. The lowest BCUT2D eigenvalue weighted by atomic mass is 9.64. The van der Waals surface area contributed by atoms with Crippen LogP contribution in [0.3, 0.4) is 0 Å². The number of nitrogens with one attached hydrogen (secondary N) is 1. The summed E-state index contributed by atoms with van der Waals surface area (Å²) in [7, 11) is 2.08. The predicted molar refractivity (Wildman–Crippen MR) is 79.3 cm³/mol. The van der Waals surface area contributed by atoms with Crippen LogP contribution in [-0.4, -0.2) is 13.6 Å². The van der Waals surface area contributed by atoms with E-state index in [9.17, 15) is 0 Å². The van der Waals surface area contributed by atoms with Crippen molar-refractivity contribution in [2.75, 3.05) is 13.6 Å². The molecule has 0 heterocycles. The highest BCUT2D eigenvalue weighted by molar-refractivity contribution is 5.44. The van der Waals surface area contributed by atoms with Crippen LogP contribution in [-0.2, 0) is 6.42 Å². The Morgan fingerprint density at radius 2 is 1.61 bits per heavy atom. The van der Waals surface area contributed by atoms with Gasteiger partial charge in [0.15, 0.2) is 0 Å². The quantitative estimate of drug-likeness (QED) is 0.849. The Morgan fingerprint density at radius 3 is 2.00 bits per heavy atom. The van der Waals surface area contributed by atoms with Gasteiger partial charge in [-0.05, 0) is 87.2 Å². The molecular weight excluding hydrogens is 218 g/mol. The number of benzene rings is 1. The fraction of sp³-hybridized carbons (Fsp3) is 0.647. The molecule has 0 atom stereocenters. The Balaban J connectivity index is 2.33. The third-order valence-corrected chi connectivity index (χ3v) is 5.04. The fourth-order valence-electron chi connectivity index (χ4n) is 3.41. The molecule has 1 nitrogen and oxygen atoms in total. The van der Waals surface area contributed by atoms with Gasteiger partial charge in [-0.25, -0.2) is 0 Å². The normalized spacial score (nSPS) is 17.6. The van der Waals surface area contributed by atoms with Crippen LogP contribution in [0.1, 0.15) is 47.1 Å². The van der Waals surface area contributed by atoms with Gasteiger partial charge in [0.2, 0.25) is 0 Å². The number of hydrogen-bond acceptors (Lipinski definition) is 1. The van der Waals surface area contributed by atoms with Crippen molar-refractivity contribution in [1.82, 2.24) is 5.32 Å². The van der Waals surface area contributed by atoms with Crippen LogP contribution in [0, 0.1) is 33.1 Å². The molecule has 1 aliphatic rings. The van der Waals surface area contributed by atoms with Gasteiger partial charge in [-0.2, -0.15) is 0 Å². The third kappa shape index (κ3) is 2.33. The first-order chi connectivity index (χ1) is 8.49. The zero-order chi connectivity index (χ0) is 13.3. The smallest absolute Gasteiger partial charge is 0.000800 e. The summed E-state index contributed by atoms with van der Waals surface area (Å²) in [5.74, 6) is 0. The second-order valence-corrected chi connectivity index (χ2v) is 6.30. The van der Waals surface area contributed by atoms with Gasteiger partial charge >= 0.3 is 0 Å². The van der Waals surface area contributed by atoms with Crippen LogP contribution < -0.4 is 5.32 Å². The Bertz CT molecular complexity index is 415. The summed E-state index contributed by atoms with van der Waals surface area (Å²) in [5.41, 5.74) is 8.08. The molecule has 0 amide bonds. The molecule has 0 saturated heterocycles. The minimum atomic E-state index is 0.532. The van der Waals surface area contributed by atoms with E-state index in [1.165, 1.54) is 54.5 Å². The van der Waals surface area contributed by atoms with E-state index in [1.807, 2.05) is 0 Å². The molecule has 0 unspecified atom stereocenters. The standard InChI is InChI=1S/C17H27N/c1-12-9-13(2)15(4)16(14(12)3)10-17(11-18-5)7-6-8-17/h9,18H,6-8,10-11H2,1-5H3. The van der Waals surface area contributed by atoms with Gasteiger partial charge < -0.3 is 5.32 Å². The summed E-state index contributed by atoms with van der Waals surface area (Å²) in [5, 5.41) is 3.40. The van der Waals surface area contributed by atoms with Gasteiger partial charge in [0.05, 0.1) is 0 Å². The maximum atomic E-state index is 3.40. The first-order valence-corrected chi connectivity index (χ1v) is 7.20. The summed E-state index contributed by atoms with van der Waals surface area (Å²) in [6, 6.07) is 2.33. The van der Waals surface area contributed by atoms with Gasteiger partial charge in [-0.3, -0.25) is 0 Å². The molecule has 1 N–H and O–H groups in total. The molecule has 1 heteroatoms. The Labute approximate surface area is 112 Å². The number of rotatable bonds is 4. The fourth-order valence-corrected chi connectivity index (χ4v) is 3.41. The van der Waals surface area contributed by atoms with E-state index in [2.05, 4.69) is 46.1 Å². The van der Waals surface area contributed by atoms with Crippen LogP contribution in [0.2, 0.25) is 0 Å². The average molecular weight is 245 g/mol. The molecule has 1 aromatic rings. The summed E-state index contributed by atoms with van der Waals surface area (Å²) < 4.78 is 0. The largest absolute Gasteiger partial charge is 0.319 e. The Kier molecular flexibility index (Phi) is 3.82. The van der Waals surface area contributed by atoms with E-state index in [-0.39, 0.29) is 0 Å². The van der Waals surface area contributed by atoms with E-state index in [1.54, 1.807) is 5.56 Å². The average Bonchev–Trinajstić information content (AvgIpc) is 2.29. The molecule has 0 bridgehead atoms. The molecule has 1 fully saturated rings. The van der Waals surface area contributed by atoms with Crippen molar-refractivity contribution in [1.29, 1.82) is 0 Å². The Hall–Kier alpha value is -0.820. The molecule has 0 spiro atoms. The molecule has 2 rings (SSSR count). The van der Waals surface area contributed by atoms with Crippen molar-refractivity contribution >= 4 is 0 Å². The van der Waals surface area contributed by atoms with Crippen LogP contribution in [0.15, 0.2) is 6.07 Å². The lowest BCUT2D eigenvalue weighted by Gasteiger charge is -2.43. The molecule has 100 valence electrons. The molecule has 1 aliphatic carbocycles. The van der Waals surface area contributed by atoms with Crippen molar-refractivity contribution in [3.05, 3.63) is 33.9 Å². The second kappa shape index (κ2) is 5.05. The maximum absolute atomic E-state index is 3.40. The number of aryl methyl sites for hydroxylation is 2. The molecule has 1 aromatic carbocycles. The Morgan fingerprint density at radius 1 is 1.06 bits per heavy atom. The van der Waals surface area contributed by atoms with Crippen molar-refractivity contribution in [3.63, 3.8) is 0 Å². The summed E-state index contributed by atoms with van der Waals surface area (Å²) >= 11 is 0. The van der Waals surface area contributed by atoms with E-state index >= 15 is 0 Å². The van der Waals surface area contributed by atoms with Gasteiger partial charge in [-0.15, -0.1) is 0 Å².